The van der Waals surface area contributed by atoms with Crippen molar-refractivity contribution in [3.05, 3.63) is 29.3 Å². The number of piperidine rings is 1. The molecule has 1 aromatic rings. The van der Waals surface area contributed by atoms with E-state index in [0.29, 0.717) is 19.7 Å². The zero-order chi connectivity index (χ0) is 19.2. The molecule has 0 unspecified atom stereocenters. The van der Waals surface area contributed by atoms with Crippen LogP contribution in [-0.4, -0.2) is 67.8 Å². The van der Waals surface area contributed by atoms with Crippen LogP contribution in [0.1, 0.15) is 46.4 Å². The summed E-state index contributed by atoms with van der Waals surface area (Å²) < 4.78 is 32.1. The van der Waals surface area contributed by atoms with Gasteiger partial charge in [0.15, 0.2) is 0 Å². The predicted octanol–water partition coefficient (Wildman–Crippen LogP) is 0.573. The first kappa shape index (κ1) is 18.4. The van der Waals surface area contributed by atoms with Gasteiger partial charge >= 0.3 is 0 Å². The van der Waals surface area contributed by atoms with Gasteiger partial charge in [-0.25, -0.2) is 12.7 Å². The highest BCUT2D eigenvalue weighted by molar-refractivity contribution is 7.90. The number of rotatable bonds is 3. The molecule has 9 heteroatoms. The van der Waals surface area contributed by atoms with E-state index in [1.54, 1.807) is 4.90 Å². The molecule has 4 rings (SSSR count). The van der Waals surface area contributed by atoms with Crippen LogP contribution >= 0.6 is 0 Å². The van der Waals surface area contributed by atoms with Crippen molar-refractivity contribution in [2.75, 3.05) is 26.2 Å². The summed E-state index contributed by atoms with van der Waals surface area (Å²) >= 11 is 0. The lowest BCUT2D eigenvalue weighted by molar-refractivity contribution is 0.0701. The van der Waals surface area contributed by atoms with E-state index < -0.39 is 15.9 Å². The summed E-state index contributed by atoms with van der Waals surface area (Å²) in [6, 6.07) is 4.21. The zero-order valence-corrected chi connectivity index (χ0v) is 15.8. The first-order valence-corrected chi connectivity index (χ1v) is 10.7. The van der Waals surface area contributed by atoms with Crippen molar-refractivity contribution in [3.8, 4) is 0 Å². The van der Waals surface area contributed by atoms with Crippen LogP contribution in [0.3, 0.4) is 0 Å². The van der Waals surface area contributed by atoms with Crippen molar-refractivity contribution in [2.45, 2.75) is 42.7 Å². The number of ether oxygens (including phenoxy) is 1. The van der Waals surface area contributed by atoms with E-state index in [-0.39, 0.29) is 40.6 Å². The smallest absolute Gasteiger partial charge is 0.269 e. The van der Waals surface area contributed by atoms with Crippen molar-refractivity contribution < 1.29 is 22.7 Å². The standard InChI is InChI=1S/C18H23N3O5S/c19-13-3-1-7-20(10-13)17(22)12-5-6-15-16(9-12)27(24,25)21(18(15)23)11-14-4-2-8-26-14/h5-6,9,13-14H,1-4,7-8,10-11,19H2/t13-,14+/m1/s1. The number of carbonyl (C=O) groups excluding carboxylic acids is 2. The number of hydrogen-bond donors (Lipinski definition) is 1. The Balaban J connectivity index is 1.61. The molecule has 3 aliphatic rings. The molecule has 146 valence electrons. The zero-order valence-electron chi connectivity index (χ0n) is 15.0. The van der Waals surface area contributed by atoms with Gasteiger partial charge in [0, 0.05) is 31.3 Å². The minimum Gasteiger partial charge on any atom is -0.376 e. The molecule has 8 nitrogen and oxygen atoms in total. The Kier molecular flexibility index (Phi) is 4.69. The molecular formula is C18H23N3O5S. The fourth-order valence-electron chi connectivity index (χ4n) is 3.94. The molecule has 0 bridgehead atoms. The van der Waals surface area contributed by atoms with Crippen LogP contribution in [0.5, 0.6) is 0 Å². The summed E-state index contributed by atoms with van der Waals surface area (Å²) in [5.41, 5.74) is 6.31. The highest BCUT2D eigenvalue weighted by Gasteiger charge is 2.43. The lowest BCUT2D eigenvalue weighted by Crippen LogP contribution is -2.45. The second kappa shape index (κ2) is 6.88. The van der Waals surface area contributed by atoms with Crippen LogP contribution < -0.4 is 5.73 Å². The number of nitrogens with zero attached hydrogens (tertiary/aromatic N) is 2. The van der Waals surface area contributed by atoms with Gasteiger partial charge in [0.05, 0.1) is 18.2 Å². The molecule has 2 fully saturated rings. The Morgan fingerprint density at radius 3 is 2.78 bits per heavy atom. The number of likely N-dealkylation sites (tertiary alicyclic amines) is 1. The fourth-order valence-corrected chi connectivity index (χ4v) is 5.56. The summed E-state index contributed by atoms with van der Waals surface area (Å²) in [6.45, 7) is 1.64. The van der Waals surface area contributed by atoms with Crippen LogP contribution in [-0.2, 0) is 14.8 Å². The number of hydrogen-bond acceptors (Lipinski definition) is 6. The Morgan fingerprint density at radius 1 is 1.26 bits per heavy atom. The fraction of sp³-hybridized carbons (Fsp3) is 0.556. The predicted molar refractivity (Wildman–Crippen MR) is 96.8 cm³/mol. The van der Waals surface area contributed by atoms with E-state index in [4.69, 9.17) is 10.5 Å². The number of carbonyl (C=O) groups is 2. The molecule has 3 aliphatic heterocycles. The molecule has 0 aliphatic carbocycles. The monoisotopic (exact) mass is 393 g/mol. The molecule has 27 heavy (non-hydrogen) atoms. The van der Waals surface area contributed by atoms with Crippen LogP contribution in [0.25, 0.3) is 0 Å². The van der Waals surface area contributed by atoms with Gasteiger partial charge in [-0.3, -0.25) is 9.59 Å². The molecule has 2 atom stereocenters. The van der Waals surface area contributed by atoms with Crippen molar-refractivity contribution >= 4 is 21.8 Å². The Labute approximate surface area is 158 Å². The molecule has 2 amide bonds. The molecule has 2 saturated heterocycles. The average Bonchev–Trinajstić information content (AvgIpc) is 3.23. The summed E-state index contributed by atoms with van der Waals surface area (Å²) in [6.07, 6.45) is 3.01. The maximum Gasteiger partial charge on any atom is 0.269 e. The summed E-state index contributed by atoms with van der Waals surface area (Å²) in [4.78, 5) is 26.9. The van der Waals surface area contributed by atoms with Gasteiger partial charge in [0.1, 0.15) is 4.90 Å². The van der Waals surface area contributed by atoms with Crippen molar-refractivity contribution in [1.29, 1.82) is 0 Å². The molecule has 0 aromatic heterocycles. The van der Waals surface area contributed by atoms with Gasteiger partial charge in [-0.05, 0) is 43.9 Å². The highest BCUT2D eigenvalue weighted by atomic mass is 32.2. The number of amides is 2. The lowest BCUT2D eigenvalue weighted by atomic mass is 10.0. The van der Waals surface area contributed by atoms with Crippen molar-refractivity contribution in [1.82, 2.24) is 9.21 Å². The molecular weight excluding hydrogens is 370 g/mol. The molecule has 0 radical (unpaired) electrons. The summed E-state index contributed by atoms with van der Waals surface area (Å²) in [5.74, 6) is -0.812. The van der Waals surface area contributed by atoms with E-state index in [9.17, 15) is 18.0 Å². The van der Waals surface area contributed by atoms with Crippen LogP contribution in [0.2, 0.25) is 0 Å². The molecule has 2 N–H and O–H groups in total. The Morgan fingerprint density at radius 2 is 2.07 bits per heavy atom. The lowest BCUT2D eigenvalue weighted by Gasteiger charge is -2.30. The van der Waals surface area contributed by atoms with Gasteiger partial charge in [0.25, 0.3) is 21.8 Å². The SMILES string of the molecule is N[C@@H]1CCCN(C(=O)c2ccc3c(c2)S(=O)(=O)N(C[C@@H]2CCCO2)C3=O)C1. The number of nitrogens with two attached hydrogens (primary N) is 1. The van der Waals surface area contributed by atoms with Gasteiger partial charge in [-0.15, -0.1) is 0 Å². The second-order valence-electron chi connectivity index (χ2n) is 7.34. The third kappa shape index (κ3) is 3.24. The first-order chi connectivity index (χ1) is 12.9. The quantitative estimate of drug-likeness (QED) is 0.804. The minimum absolute atomic E-state index is 0.0140. The number of sulfonamides is 1. The van der Waals surface area contributed by atoms with Crippen molar-refractivity contribution in [3.63, 3.8) is 0 Å². The van der Waals surface area contributed by atoms with E-state index in [1.807, 2.05) is 0 Å². The van der Waals surface area contributed by atoms with Gasteiger partial charge in [-0.2, -0.15) is 0 Å². The van der Waals surface area contributed by atoms with E-state index in [2.05, 4.69) is 0 Å². The molecule has 0 saturated carbocycles. The van der Waals surface area contributed by atoms with Gasteiger partial charge in [-0.1, -0.05) is 0 Å². The minimum atomic E-state index is -3.97. The highest BCUT2D eigenvalue weighted by Crippen LogP contribution is 2.32. The first-order valence-electron chi connectivity index (χ1n) is 9.25. The van der Waals surface area contributed by atoms with Crippen molar-refractivity contribution in [2.24, 2.45) is 5.73 Å². The summed E-state index contributed by atoms with van der Waals surface area (Å²) in [7, 11) is -3.97. The topological polar surface area (TPSA) is 110 Å². The second-order valence-corrected chi connectivity index (χ2v) is 9.17. The third-order valence-electron chi connectivity index (χ3n) is 5.39. The van der Waals surface area contributed by atoms with Crippen LogP contribution in [0.4, 0.5) is 0 Å². The van der Waals surface area contributed by atoms with Crippen LogP contribution in [0.15, 0.2) is 23.1 Å². The maximum atomic E-state index is 12.9. The largest absolute Gasteiger partial charge is 0.376 e. The third-order valence-corrected chi connectivity index (χ3v) is 7.18. The Bertz CT molecular complexity index is 879. The molecule has 0 spiro atoms. The Hall–Kier alpha value is -1.97. The van der Waals surface area contributed by atoms with Gasteiger partial charge in [0.2, 0.25) is 0 Å². The van der Waals surface area contributed by atoms with E-state index in [1.165, 1.54) is 18.2 Å². The normalized spacial score (nSPS) is 27.1. The maximum absolute atomic E-state index is 12.9. The van der Waals surface area contributed by atoms with Gasteiger partial charge < -0.3 is 15.4 Å². The van der Waals surface area contributed by atoms with E-state index in [0.717, 1.165) is 30.0 Å². The van der Waals surface area contributed by atoms with E-state index >= 15 is 0 Å². The molecule has 1 aromatic carbocycles. The molecule has 3 heterocycles. The number of benzene rings is 1. The van der Waals surface area contributed by atoms with Crippen LogP contribution in [0, 0.1) is 0 Å². The summed E-state index contributed by atoms with van der Waals surface area (Å²) in [5, 5.41) is 0. The number of fused-ring (bicyclic) bond motifs is 1. The average molecular weight is 393 g/mol.